The molecule has 19 heavy (non-hydrogen) atoms. The van der Waals surface area contributed by atoms with Crippen LogP contribution in [0, 0.1) is 0 Å². The van der Waals surface area contributed by atoms with Gasteiger partial charge in [-0.1, -0.05) is 41.7 Å². The molecule has 2 aromatic rings. The second kappa shape index (κ2) is 5.64. The smallest absolute Gasteiger partial charge is 0.208 e. The molecule has 0 saturated carbocycles. The highest BCUT2D eigenvalue weighted by Gasteiger charge is 2.19. The Labute approximate surface area is 116 Å². The zero-order valence-electron chi connectivity index (χ0n) is 10.5. The normalized spacial score (nSPS) is 17.4. The first-order valence-corrected chi connectivity index (χ1v) is 7.13. The van der Waals surface area contributed by atoms with E-state index in [-0.39, 0.29) is 6.04 Å². The quantitative estimate of drug-likeness (QED) is 0.918. The molecule has 0 aliphatic carbocycles. The van der Waals surface area contributed by atoms with Crippen LogP contribution in [0.3, 0.4) is 0 Å². The molecule has 1 aromatic heterocycles. The Morgan fingerprint density at radius 3 is 2.63 bits per heavy atom. The number of morpholine rings is 1. The first-order chi connectivity index (χ1) is 9.34. The highest BCUT2D eigenvalue weighted by atomic mass is 32.1. The molecule has 0 spiro atoms. The fraction of sp³-hybridized carbons (Fsp3) is 0.385. The number of aromatic nitrogens is 2. The minimum Gasteiger partial charge on any atom is -0.378 e. The van der Waals surface area contributed by atoms with Crippen molar-refractivity contribution in [3.63, 3.8) is 0 Å². The van der Waals surface area contributed by atoms with Gasteiger partial charge in [0.1, 0.15) is 5.01 Å². The lowest BCUT2D eigenvalue weighted by molar-refractivity contribution is 0.122. The van der Waals surface area contributed by atoms with Gasteiger partial charge in [-0.25, -0.2) is 0 Å². The Balaban J connectivity index is 1.77. The number of rotatable bonds is 3. The summed E-state index contributed by atoms with van der Waals surface area (Å²) in [6.45, 7) is 3.24. The third-order valence-corrected chi connectivity index (χ3v) is 4.20. The van der Waals surface area contributed by atoms with Crippen molar-refractivity contribution in [3.8, 4) is 0 Å². The van der Waals surface area contributed by atoms with Crippen LogP contribution in [0.4, 0.5) is 5.13 Å². The van der Waals surface area contributed by atoms with Crippen molar-refractivity contribution in [2.24, 2.45) is 5.73 Å². The van der Waals surface area contributed by atoms with Crippen molar-refractivity contribution in [1.29, 1.82) is 0 Å². The Hall–Kier alpha value is -1.50. The largest absolute Gasteiger partial charge is 0.378 e. The fourth-order valence-electron chi connectivity index (χ4n) is 2.04. The monoisotopic (exact) mass is 276 g/mol. The molecule has 3 rings (SSSR count). The number of hydrogen-bond donors (Lipinski definition) is 1. The summed E-state index contributed by atoms with van der Waals surface area (Å²) in [6.07, 6.45) is 0. The third-order valence-electron chi connectivity index (χ3n) is 3.14. The molecule has 1 fully saturated rings. The van der Waals surface area contributed by atoms with Crippen LogP contribution in [0.25, 0.3) is 0 Å². The summed E-state index contributed by atoms with van der Waals surface area (Å²) in [7, 11) is 0. The molecule has 0 amide bonds. The van der Waals surface area contributed by atoms with Gasteiger partial charge in [0, 0.05) is 13.1 Å². The van der Waals surface area contributed by atoms with E-state index < -0.39 is 0 Å². The minimum absolute atomic E-state index is 0.200. The van der Waals surface area contributed by atoms with Crippen LogP contribution in [0.15, 0.2) is 30.3 Å². The second-order valence-corrected chi connectivity index (χ2v) is 5.40. The number of anilines is 1. The highest BCUT2D eigenvalue weighted by molar-refractivity contribution is 7.15. The van der Waals surface area contributed by atoms with Gasteiger partial charge in [-0.15, -0.1) is 10.2 Å². The van der Waals surface area contributed by atoms with E-state index in [1.54, 1.807) is 11.3 Å². The number of nitrogens with two attached hydrogens (primary N) is 1. The summed E-state index contributed by atoms with van der Waals surface area (Å²) in [4.78, 5) is 2.20. The molecule has 2 heterocycles. The lowest BCUT2D eigenvalue weighted by Gasteiger charge is -2.25. The van der Waals surface area contributed by atoms with E-state index in [9.17, 15) is 0 Å². The number of hydrogen-bond acceptors (Lipinski definition) is 6. The van der Waals surface area contributed by atoms with E-state index in [0.29, 0.717) is 0 Å². The fourth-order valence-corrected chi connectivity index (χ4v) is 2.96. The predicted octanol–water partition coefficient (Wildman–Crippen LogP) is 1.42. The summed E-state index contributed by atoms with van der Waals surface area (Å²) < 4.78 is 5.33. The zero-order valence-corrected chi connectivity index (χ0v) is 11.3. The van der Waals surface area contributed by atoms with E-state index in [4.69, 9.17) is 10.5 Å². The molecule has 1 saturated heterocycles. The van der Waals surface area contributed by atoms with Gasteiger partial charge in [-0.2, -0.15) is 0 Å². The van der Waals surface area contributed by atoms with E-state index in [1.165, 1.54) is 0 Å². The topological polar surface area (TPSA) is 64.3 Å². The summed E-state index contributed by atoms with van der Waals surface area (Å²) in [5, 5.41) is 10.3. The number of nitrogens with zero attached hydrogens (tertiary/aromatic N) is 3. The Kier molecular flexibility index (Phi) is 3.72. The van der Waals surface area contributed by atoms with Gasteiger partial charge in [0.25, 0.3) is 0 Å². The van der Waals surface area contributed by atoms with Crippen LogP contribution in [0.2, 0.25) is 0 Å². The average Bonchev–Trinajstić information content (AvgIpc) is 2.98. The predicted molar refractivity (Wildman–Crippen MR) is 75.4 cm³/mol. The molecule has 0 bridgehead atoms. The molecule has 100 valence electrons. The Morgan fingerprint density at radius 2 is 1.89 bits per heavy atom. The molecular formula is C13H16N4OS. The lowest BCUT2D eigenvalue weighted by Crippen LogP contribution is -2.36. The minimum atomic E-state index is -0.200. The average molecular weight is 276 g/mol. The molecule has 0 radical (unpaired) electrons. The van der Waals surface area contributed by atoms with Gasteiger partial charge < -0.3 is 15.4 Å². The van der Waals surface area contributed by atoms with Crippen LogP contribution >= 0.6 is 11.3 Å². The molecule has 2 N–H and O–H groups in total. The van der Waals surface area contributed by atoms with Gasteiger partial charge in [0.2, 0.25) is 5.13 Å². The summed E-state index contributed by atoms with van der Waals surface area (Å²) in [6, 6.07) is 9.78. The van der Waals surface area contributed by atoms with Crippen LogP contribution in [-0.2, 0) is 4.74 Å². The summed E-state index contributed by atoms with van der Waals surface area (Å²) in [5.41, 5.74) is 7.29. The van der Waals surface area contributed by atoms with Gasteiger partial charge >= 0.3 is 0 Å². The van der Waals surface area contributed by atoms with Crippen LogP contribution in [0.1, 0.15) is 16.6 Å². The van der Waals surface area contributed by atoms with E-state index >= 15 is 0 Å². The molecule has 5 nitrogen and oxygen atoms in total. The molecule has 1 unspecified atom stereocenters. The lowest BCUT2D eigenvalue weighted by atomic mass is 10.1. The Morgan fingerprint density at radius 1 is 1.16 bits per heavy atom. The standard InChI is InChI=1S/C13H16N4OS/c14-11(10-4-2-1-3-5-10)12-15-16-13(19-12)17-6-8-18-9-7-17/h1-5,11H,6-9,14H2. The first-order valence-electron chi connectivity index (χ1n) is 6.31. The van der Waals surface area contributed by atoms with Gasteiger partial charge in [-0.3, -0.25) is 0 Å². The SMILES string of the molecule is NC(c1ccccc1)c1nnc(N2CCOCC2)s1. The van der Waals surface area contributed by atoms with Crippen molar-refractivity contribution in [3.05, 3.63) is 40.9 Å². The van der Waals surface area contributed by atoms with Crippen molar-refractivity contribution < 1.29 is 4.74 Å². The van der Waals surface area contributed by atoms with Crippen LogP contribution < -0.4 is 10.6 Å². The second-order valence-electron chi connectivity index (χ2n) is 4.41. The van der Waals surface area contributed by atoms with Crippen molar-refractivity contribution >= 4 is 16.5 Å². The summed E-state index contributed by atoms with van der Waals surface area (Å²) in [5.74, 6) is 0. The third kappa shape index (κ3) is 2.75. The maximum absolute atomic E-state index is 6.22. The van der Waals surface area contributed by atoms with Crippen LogP contribution in [0.5, 0.6) is 0 Å². The maximum Gasteiger partial charge on any atom is 0.208 e. The molecular weight excluding hydrogens is 260 g/mol. The molecule has 1 aromatic carbocycles. The van der Waals surface area contributed by atoms with Crippen molar-refractivity contribution in [1.82, 2.24) is 10.2 Å². The van der Waals surface area contributed by atoms with E-state index in [1.807, 2.05) is 30.3 Å². The highest BCUT2D eigenvalue weighted by Crippen LogP contribution is 2.27. The van der Waals surface area contributed by atoms with Crippen LogP contribution in [-0.4, -0.2) is 36.5 Å². The van der Waals surface area contributed by atoms with Gasteiger partial charge in [0.05, 0.1) is 19.3 Å². The summed E-state index contributed by atoms with van der Waals surface area (Å²) >= 11 is 1.57. The van der Waals surface area contributed by atoms with Crippen molar-refractivity contribution in [2.75, 3.05) is 31.2 Å². The number of ether oxygens (including phenoxy) is 1. The van der Waals surface area contributed by atoms with Crippen molar-refractivity contribution in [2.45, 2.75) is 6.04 Å². The Bertz CT molecular complexity index is 524. The molecule has 1 aliphatic heterocycles. The maximum atomic E-state index is 6.22. The molecule has 6 heteroatoms. The first kappa shape index (κ1) is 12.5. The van der Waals surface area contributed by atoms with E-state index in [0.717, 1.165) is 42.0 Å². The molecule has 1 aliphatic rings. The van der Waals surface area contributed by atoms with E-state index in [2.05, 4.69) is 15.1 Å². The van der Waals surface area contributed by atoms with Gasteiger partial charge in [0.15, 0.2) is 0 Å². The number of benzene rings is 1. The van der Waals surface area contributed by atoms with Gasteiger partial charge in [-0.05, 0) is 5.56 Å². The molecule has 1 atom stereocenters. The zero-order chi connectivity index (χ0) is 13.1.